The van der Waals surface area contributed by atoms with E-state index in [9.17, 15) is 19.1 Å². The summed E-state index contributed by atoms with van der Waals surface area (Å²) in [5.41, 5.74) is 2.54. The Labute approximate surface area is 233 Å². The van der Waals surface area contributed by atoms with E-state index in [0.29, 0.717) is 40.7 Å². The first-order valence-corrected chi connectivity index (χ1v) is 13.7. The fourth-order valence-corrected chi connectivity index (χ4v) is 5.10. The molecule has 3 N–H and O–H groups in total. The van der Waals surface area contributed by atoms with Crippen LogP contribution in [0.1, 0.15) is 76.6 Å². The van der Waals surface area contributed by atoms with Gasteiger partial charge in [-0.25, -0.2) is 9.18 Å². The fraction of sp³-hybridized carbons (Fsp3) is 0.433. The monoisotopic (exact) mass is 555 g/mol. The maximum atomic E-state index is 14.2. The standard InChI is InChI=1S/C30H35ClFN3O4/c1-5-6-26(36)22-16-33-25-12-7-17(18-14-23(31)28(37)24(32)15-18)13-21(25)27(22)34-19-8-10-20(11-9-19)35-29(38)39-30(2,3)4/h7,12-16,19-20,37H,5-6,8-11H2,1-4H3,(H,33,34)(H,35,38). The molecule has 1 fully saturated rings. The van der Waals surface area contributed by atoms with Gasteiger partial charge in [-0.05, 0) is 88.3 Å². The van der Waals surface area contributed by atoms with Gasteiger partial charge in [0.1, 0.15) is 5.60 Å². The van der Waals surface area contributed by atoms with Gasteiger partial charge in [-0.1, -0.05) is 24.6 Å². The molecule has 3 aromatic rings. The van der Waals surface area contributed by atoms with Crippen LogP contribution in [-0.2, 0) is 4.74 Å². The number of ketones is 1. The van der Waals surface area contributed by atoms with Crippen LogP contribution in [0.4, 0.5) is 14.9 Å². The Morgan fingerprint density at radius 1 is 1.10 bits per heavy atom. The molecule has 1 heterocycles. The van der Waals surface area contributed by atoms with E-state index >= 15 is 0 Å². The average molecular weight is 556 g/mol. The number of nitrogens with zero attached hydrogens (tertiary/aromatic N) is 1. The number of phenolic OH excluding ortho intramolecular Hbond substituents is 1. The third-order valence-corrected chi connectivity index (χ3v) is 7.08. The lowest BCUT2D eigenvalue weighted by molar-refractivity contribution is 0.0492. The summed E-state index contributed by atoms with van der Waals surface area (Å²) in [5.74, 6) is -1.40. The number of pyridine rings is 1. The van der Waals surface area contributed by atoms with Crippen LogP contribution in [0, 0.1) is 5.82 Å². The molecular formula is C30H35ClFN3O4. The van der Waals surface area contributed by atoms with Gasteiger partial charge < -0.3 is 20.5 Å². The topological polar surface area (TPSA) is 101 Å². The van der Waals surface area contributed by atoms with E-state index in [1.165, 1.54) is 12.1 Å². The van der Waals surface area contributed by atoms with Crippen molar-refractivity contribution in [2.24, 2.45) is 0 Å². The SMILES string of the molecule is CCCC(=O)c1cnc2ccc(-c3cc(F)c(O)c(Cl)c3)cc2c1NC1CCC(NC(=O)OC(C)(C)C)CC1. The van der Waals surface area contributed by atoms with E-state index in [-0.39, 0.29) is 22.9 Å². The molecule has 1 aliphatic rings. The normalized spacial score (nSPS) is 17.6. The first-order chi connectivity index (χ1) is 18.4. The van der Waals surface area contributed by atoms with Gasteiger partial charge in [-0.3, -0.25) is 9.78 Å². The summed E-state index contributed by atoms with van der Waals surface area (Å²) in [6.45, 7) is 7.46. The van der Waals surface area contributed by atoms with E-state index < -0.39 is 23.3 Å². The van der Waals surface area contributed by atoms with Crippen LogP contribution >= 0.6 is 11.6 Å². The van der Waals surface area contributed by atoms with Crippen LogP contribution in [0.2, 0.25) is 5.02 Å². The molecule has 1 aromatic heterocycles. The van der Waals surface area contributed by atoms with Gasteiger partial charge >= 0.3 is 6.09 Å². The lowest BCUT2D eigenvalue weighted by Gasteiger charge is -2.31. The molecule has 0 radical (unpaired) electrons. The Morgan fingerprint density at radius 3 is 2.44 bits per heavy atom. The molecule has 7 nitrogen and oxygen atoms in total. The number of rotatable bonds is 7. The van der Waals surface area contributed by atoms with Crippen LogP contribution in [0.5, 0.6) is 5.75 Å². The molecule has 4 rings (SSSR count). The van der Waals surface area contributed by atoms with Crippen molar-refractivity contribution in [1.29, 1.82) is 0 Å². The number of fused-ring (bicyclic) bond motifs is 1. The van der Waals surface area contributed by atoms with Gasteiger partial charge in [0.2, 0.25) is 0 Å². The second-order valence-corrected chi connectivity index (χ2v) is 11.5. The summed E-state index contributed by atoms with van der Waals surface area (Å²) in [4.78, 5) is 29.8. The van der Waals surface area contributed by atoms with Crippen molar-refractivity contribution in [2.75, 3.05) is 5.32 Å². The van der Waals surface area contributed by atoms with Crippen molar-refractivity contribution in [3.63, 3.8) is 0 Å². The second-order valence-electron chi connectivity index (χ2n) is 11.1. The highest BCUT2D eigenvalue weighted by atomic mass is 35.5. The molecule has 0 atom stereocenters. The zero-order chi connectivity index (χ0) is 28.3. The number of Topliss-reactive ketones (excluding diaryl/α,β-unsaturated/α-hetero) is 1. The number of amides is 1. The van der Waals surface area contributed by atoms with Crippen LogP contribution in [0.15, 0.2) is 36.5 Å². The number of alkyl carbamates (subject to hydrolysis) is 1. The zero-order valence-electron chi connectivity index (χ0n) is 22.7. The number of carbonyl (C=O) groups is 2. The Morgan fingerprint density at radius 2 is 1.79 bits per heavy atom. The van der Waals surface area contributed by atoms with Crippen LogP contribution in [0.3, 0.4) is 0 Å². The molecule has 0 bridgehead atoms. The van der Waals surface area contributed by atoms with E-state index in [2.05, 4.69) is 15.6 Å². The Bertz CT molecular complexity index is 1360. The van der Waals surface area contributed by atoms with Crippen molar-refractivity contribution < 1.29 is 23.8 Å². The highest BCUT2D eigenvalue weighted by Crippen LogP contribution is 2.36. The van der Waals surface area contributed by atoms with Crippen molar-refractivity contribution >= 4 is 40.1 Å². The summed E-state index contributed by atoms with van der Waals surface area (Å²) < 4.78 is 19.6. The summed E-state index contributed by atoms with van der Waals surface area (Å²) in [6.07, 6.45) is 5.45. The number of hydrogen-bond donors (Lipinski definition) is 3. The van der Waals surface area contributed by atoms with E-state index in [1.807, 2.05) is 45.9 Å². The molecule has 0 saturated heterocycles. The summed E-state index contributed by atoms with van der Waals surface area (Å²) in [7, 11) is 0. The quantitative estimate of drug-likeness (QED) is 0.259. The number of hydrogen-bond acceptors (Lipinski definition) is 6. The van der Waals surface area contributed by atoms with Gasteiger partial charge in [0, 0.05) is 30.1 Å². The second kappa shape index (κ2) is 11.8. The molecule has 0 spiro atoms. The molecule has 1 aliphatic carbocycles. The Kier molecular flexibility index (Phi) is 8.64. The Balaban J connectivity index is 1.62. The fourth-order valence-electron chi connectivity index (χ4n) is 4.89. The highest BCUT2D eigenvalue weighted by Gasteiger charge is 2.26. The number of halogens is 2. The smallest absolute Gasteiger partial charge is 0.407 e. The van der Waals surface area contributed by atoms with E-state index in [0.717, 1.165) is 31.1 Å². The third kappa shape index (κ3) is 6.98. The molecule has 208 valence electrons. The average Bonchev–Trinajstić information content (AvgIpc) is 2.87. The van der Waals surface area contributed by atoms with E-state index in [1.54, 1.807) is 6.20 Å². The highest BCUT2D eigenvalue weighted by molar-refractivity contribution is 6.32. The lowest BCUT2D eigenvalue weighted by Crippen LogP contribution is -2.42. The first-order valence-electron chi connectivity index (χ1n) is 13.4. The molecule has 0 aliphatic heterocycles. The maximum Gasteiger partial charge on any atom is 0.407 e. The number of aromatic hydroxyl groups is 1. The van der Waals surface area contributed by atoms with Crippen LogP contribution in [0.25, 0.3) is 22.0 Å². The predicted octanol–water partition coefficient (Wildman–Crippen LogP) is 7.63. The van der Waals surface area contributed by atoms with Crippen molar-refractivity contribution in [3.8, 4) is 16.9 Å². The molecule has 9 heteroatoms. The lowest BCUT2D eigenvalue weighted by atomic mass is 9.90. The number of aromatic nitrogens is 1. The summed E-state index contributed by atoms with van der Waals surface area (Å²) in [6, 6.07) is 8.34. The number of anilines is 1. The first kappa shape index (κ1) is 28.6. The van der Waals surface area contributed by atoms with Crippen molar-refractivity contribution in [2.45, 2.75) is 83.9 Å². The molecule has 0 unspecified atom stereocenters. The molecule has 1 saturated carbocycles. The largest absolute Gasteiger partial charge is 0.504 e. The molecule has 39 heavy (non-hydrogen) atoms. The summed E-state index contributed by atoms with van der Waals surface area (Å²) in [5, 5.41) is 17.0. The number of carbonyl (C=O) groups excluding carboxylic acids is 2. The van der Waals surface area contributed by atoms with Gasteiger partial charge in [0.05, 0.1) is 21.8 Å². The van der Waals surface area contributed by atoms with Crippen molar-refractivity contribution in [1.82, 2.24) is 10.3 Å². The van der Waals surface area contributed by atoms with Crippen LogP contribution in [-0.4, -0.2) is 39.7 Å². The maximum absolute atomic E-state index is 14.2. The third-order valence-electron chi connectivity index (χ3n) is 6.79. The minimum absolute atomic E-state index is 0.00111. The predicted molar refractivity (Wildman–Crippen MR) is 152 cm³/mol. The Hall–Kier alpha value is -3.39. The van der Waals surface area contributed by atoms with Gasteiger partial charge in [0.15, 0.2) is 17.3 Å². The number of benzene rings is 2. The van der Waals surface area contributed by atoms with Gasteiger partial charge in [-0.2, -0.15) is 0 Å². The minimum atomic E-state index is -0.808. The van der Waals surface area contributed by atoms with Gasteiger partial charge in [-0.15, -0.1) is 0 Å². The number of ether oxygens (including phenoxy) is 1. The molecular weight excluding hydrogens is 521 g/mol. The van der Waals surface area contributed by atoms with Gasteiger partial charge in [0.25, 0.3) is 0 Å². The number of nitrogens with one attached hydrogen (secondary N) is 2. The molecule has 2 aromatic carbocycles. The zero-order valence-corrected chi connectivity index (χ0v) is 23.5. The summed E-state index contributed by atoms with van der Waals surface area (Å²) >= 11 is 6.03. The number of phenols is 1. The van der Waals surface area contributed by atoms with Crippen LogP contribution < -0.4 is 10.6 Å². The van der Waals surface area contributed by atoms with E-state index in [4.69, 9.17) is 16.3 Å². The minimum Gasteiger partial charge on any atom is -0.504 e. The molecule has 1 amide bonds. The van der Waals surface area contributed by atoms with Crippen molar-refractivity contribution in [3.05, 3.63) is 52.9 Å².